The van der Waals surface area contributed by atoms with Crippen molar-refractivity contribution in [1.82, 2.24) is 9.55 Å². The molecule has 0 saturated heterocycles. The fourth-order valence-corrected chi connectivity index (χ4v) is 4.82. The minimum Gasteiger partial charge on any atom is -0.287 e. The van der Waals surface area contributed by atoms with E-state index in [4.69, 9.17) is 4.98 Å². The monoisotopic (exact) mass is 358 g/mol. The number of thioether (sulfide) groups is 1. The van der Waals surface area contributed by atoms with Gasteiger partial charge in [-0.15, -0.1) is 11.3 Å². The second-order valence-electron chi connectivity index (χ2n) is 6.11. The summed E-state index contributed by atoms with van der Waals surface area (Å²) in [6.45, 7) is 11.0. The van der Waals surface area contributed by atoms with E-state index in [0.29, 0.717) is 6.54 Å². The highest BCUT2D eigenvalue weighted by molar-refractivity contribution is 7.98. The summed E-state index contributed by atoms with van der Waals surface area (Å²) in [5, 5.41) is 1.60. The fourth-order valence-electron chi connectivity index (χ4n) is 2.74. The fraction of sp³-hybridized carbons (Fsp3) is 0.368. The summed E-state index contributed by atoms with van der Waals surface area (Å²) in [4.78, 5) is 19.7. The van der Waals surface area contributed by atoms with Crippen molar-refractivity contribution in [3.63, 3.8) is 0 Å². The Morgan fingerprint density at radius 2 is 1.92 bits per heavy atom. The molecule has 0 unspecified atom stereocenters. The first kappa shape index (κ1) is 17.2. The molecule has 0 saturated carbocycles. The van der Waals surface area contributed by atoms with Crippen LogP contribution < -0.4 is 5.56 Å². The molecule has 0 radical (unpaired) electrons. The molecule has 3 nitrogen and oxygen atoms in total. The van der Waals surface area contributed by atoms with Crippen molar-refractivity contribution in [3.05, 3.63) is 55.7 Å². The van der Waals surface area contributed by atoms with Gasteiger partial charge in [-0.1, -0.05) is 30.0 Å². The van der Waals surface area contributed by atoms with Crippen LogP contribution in [0.3, 0.4) is 0 Å². The van der Waals surface area contributed by atoms with Crippen molar-refractivity contribution in [1.29, 1.82) is 0 Å². The van der Waals surface area contributed by atoms with Gasteiger partial charge in [0.2, 0.25) is 0 Å². The van der Waals surface area contributed by atoms with Crippen LogP contribution in [0.25, 0.3) is 10.2 Å². The molecule has 0 aliphatic carbocycles. The molecular formula is C19H22N2OS2. The van der Waals surface area contributed by atoms with E-state index in [1.165, 1.54) is 21.6 Å². The smallest absolute Gasteiger partial charge is 0.263 e. The summed E-state index contributed by atoms with van der Waals surface area (Å²) >= 11 is 3.26. The van der Waals surface area contributed by atoms with Gasteiger partial charge in [0.05, 0.1) is 5.39 Å². The largest absolute Gasteiger partial charge is 0.287 e. The summed E-state index contributed by atoms with van der Waals surface area (Å²) in [6.07, 6.45) is 0. The maximum absolute atomic E-state index is 12.8. The quantitative estimate of drug-likeness (QED) is 0.486. The average molecular weight is 359 g/mol. The van der Waals surface area contributed by atoms with Crippen molar-refractivity contribution >= 4 is 33.3 Å². The van der Waals surface area contributed by atoms with Gasteiger partial charge in [0, 0.05) is 17.2 Å². The van der Waals surface area contributed by atoms with Crippen LogP contribution in [0.1, 0.15) is 34.1 Å². The number of hydrogen-bond donors (Lipinski definition) is 0. The highest BCUT2D eigenvalue weighted by Crippen LogP contribution is 2.29. The van der Waals surface area contributed by atoms with Gasteiger partial charge in [-0.25, -0.2) is 4.98 Å². The molecule has 3 aromatic rings. The van der Waals surface area contributed by atoms with Crippen molar-refractivity contribution in [3.8, 4) is 0 Å². The molecule has 126 valence electrons. The summed E-state index contributed by atoms with van der Waals surface area (Å²) in [5.41, 5.74) is 5.03. The molecular weight excluding hydrogens is 336 g/mol. The zero-order valence-electron chi connectivity index (χ0n) is 14.8. The highest BCUT2D eigenvalue weighted by Gasteiger charge is 2.16. The SMILES string of the molecule is CCn1c(SCc2ccc(C)c(C)c2)nc2sc(C)c(C)c2c1=O. The number of thiophene rings is 1. The van der Waals surface area contributed by atoms with E-state index in [1.807, 2.05) is 13.8 Å². The third-order valence-electron chi connectivity index (χ3n) is 4.51. The van der Waals surface area contributed by atoms with Crippen LogP contribution in [0, 0.1) is 27.7 Å². The Morgan fingerprint density at radius 1 is 1.17 bits per heavy atom. The van der Waals surface area contributed by atoms with Crippen molar-refractivity contribution in [2.45, 2.75) is 52.1 Å². The van der Waals surface area contributed by atoms with E-state index in [0.717, 1.165) is 26.7 Å². The van der Waals surface area contributed by atoms with Gasteiger partial charge >= 0.3 is 0 Å². The van der Waals surface area contributed by atoms with Gasteiger partial charge in [-0.2, -0.15) is 0 Å². The Bertz CT molecular complexity index is 970. The lowest BCUT2D eigenvalue weighted by Crippen LogP contribution is -2.22. The second-order valence-corrected chi connectivity index (χ2v) is 8.26. The number of rotatable bonds is 4. The Kier molecular flexibility index (Phi) is 4.83. The number of aromatic nitrogens is 2. The normalized spacial score (nSPS) is 11.4. The van der Waals surface area contributed by atoms with E-state index >= 15 is 0 Å². The minimum atomic E-state index is 0.0898. The average Bonchev–Trinajstić information content (AvgIpc) is 2.83. The first-order valence-corrected chi connectivity index (χ1v) is 9.92. The lowest BCUT2D eigenvalue weighted by atomic mass is 10.1. The topological polar surface area (TPSA) is 34.9 Å². The van der Waals surface area contributed by atoms with Crippen LogP contribution in [-0.4, -0.2) is 9.55 Å². The maximum Gasteiger partial charge on any atom is 0.263 e. The van der Waals surface area contributed by atoms with Crippen molar-refractivity contribution in [2.24, 2.45) is 0 Å². The molecule has 0 amide bonds. The minimum absolute atomic E-state index is 0.0898. The number of nitrogens with zero attached hydrogens (tertiary/aromatic N) is 2. The number of fused-ring (bicyclic) bond motifs is 1. The molecule has 0 aliphatic rings. The molecule has 3 rings (SSSR count). The number of hydrogen-bond acceptors (Lipinski definition) is 4. The summed E-state index contributed by atoms with van der Waals surface area (Å²) in [7, 11) is 0. The van der Waals surface area contributed by atoms with Gasteiger partial charge in [-0.05, 0) is 56.9 Å². The number of aryl methyl sites for hydroxylation is 4. The van der Waals surface area contributed by atoms with Gasteiger partial charge in [0.1, 0.15) is 4.83 Å². The molecule has 0 aliphatic heterocycles. The lowest BCUT2D eigenvalue weighted by Gasteiger charge is -2.10. The summed E-state index contributed by atoms with van der Waals surface area (Å²) in [6, 6.07) is 6.52. The first-order chi connectivity index (χ1) is 11.4. The predicted octanol–water partition coefficient (Wildman–Crippen LogP) is 5.00. The molecule has 0 N–H and O–H groups in total. The number of benzene rings is 1. The molecule has 5 heteroatoms. The van der Waals surface area contributed by atoms with Crippen LogP contribution in [-0.2, 0) is 12.3 Å². The maximum atomic E-state index is 12.8. The van der Waals surface area contributed by atoms with Crippen LogP contribution in [0.2, 0.25) is 0 Å². The zero-order valence-corrected chi connectivity index (χ0v) is 16.4. The molecule has 0 atom stereocenters. The summed E-state index contributed by atoms with van der Waals surface area (Å²) < 4.78 is 1.80. The Hall–Kier alpha value is -1.59. The third kappa shape index (κ3) is 3.03. The Balaban J connectivity index is 1.99. The predicted molar refractivity (Wildman–Crippen MR) is 105 cm³/mol. The molecule has 2 heterocycles. The van der Waals surface area contributed by atoms with Crippen LogP contribution in [0.4, 0.5) is 0 Å². The molecule has 24 heavy (non-hydrogen) atoms. The lowest BCUT2D eigenvalue weighted by molar-refractivity contribution is 0.635. The van der Waals surface area contributed by atoms with E-state index in [9.17, 15) is 4.79 Å². The van der Waals surface area contributed by atoms with Crippen LogP contribution >= 0.6 is 23.1 Å². The van der Waals surface area contributed by atoms with Gasteiger partial charge < -0.3 is 0 Å². The van der Waals surface area contributed by atoms with Crippen molar-refractivity contribution < 1.29 is 0 Å². The van der Waals surface area contributed by atoms with Gasteiger partial charge in [0.15, 0.2) is 5.16 Å². The van der Waals surface area contributed by atoms with Crippen LogP contribution in [0.5, 0.6) is 0 Å². The molecule has 1 aromatic carbocycles. The molecule has 2 aromatic heterocycles. The highest BCUT2D eigenvalue weighted by atomic mass is 32.2. The van der Waals surface area contributed by atoms with Crippen molar-refractivity contribution in [2.75, 3.05) is 0 Å². The standard InChI is InChI=1S/C19H22N2OS2/c1-6-21-18(22)16-13(4)14(5)24-17(16)20-19(21)23-10-15-8-7-11(2)12(3)9-15/h7-9H,6,10H2,1-5H3. The Labute approximate surface area is 150 Å². The Morgan fingerprint density at radius 3 is 2.58 bits per heavy atom. The molecule has 0 fully saturated rings. The first-order valence-electron chi connectivity index (χ1n) is 8.11. The van der Waals surface area contributed by atoms with Crippen LogP contribution in [0.15, 0.2) is 28.2 Å². The zero-order chi connectivity index (χ0) is 17.4. The molecule has 0 bridgehead atoms. The van der Waals surface area contributed by atoms with E-state index in [2.05, 4.69) is 39.0 Å². The van der Waals surface area contributed by atoms with E-state index < -0.39 is 0 Å². The third-order valence-corrected chi connectivity index (χ3v) is 6.66. The van der Waals surface area contributed by atoms with E-state index in [1.54, 1.807) is 27.7 Å². The van der Waals surface area contributed by atoms with E-state index in [-0.39, 0.29) is 5.56 Å². The second kappa shape index (κ2) is 6.73. The molecule has 0 spiro atoms. The van der Waals surface area contributed by atoms with Gasteiger partial charge in [-0.3, -0.25) is 9.36 Å². The van der Waals surface area contributed by atoms with Gasteiger partial charge in [0.25, 0.3) is 5.56 Å². The summed E-state index contributed by atoms with van der Waals surface area (Å²) in [5.74, 6) is 0.822.